The summed E-state index contributed by atoms with van der Waals surface area (Å²) < 4.78 is 18.6. The van der Waals surface area contributed by atoms with Crippen molar-refractivity contribution in [1.82, 2.24) is 10.2 Å². The average molecular weight is 337 g/mol. The summed E-state index contributed by atoms with van der Waals surface area (Å²) in [5.74, 6) is -0.260. The molecular weight excluding hydrogens is 309 g/mol. The molecule has 24 heavy (non-hydrogen) atoms. The highest BCUT2D eigenvalue weighted by atomic mass is 19.1. The lowest BCUT2D eigenvalue weighted by molar-refractivity contribution is -0.123. The number of hydrogen-bond acceptors (Lipinski definition) is 4. The Morgan fingerprint density at radius 3 is 2.54 bits per heavy atom. The van der Waals surface area contributed by atoms with Crippen molar-refractivity contribution in [2.24, 2.45) is 11.7 Å². The maximum Gasteiger partial charge on any atom is 0.237 e. The predicted octanol–water partition coefficient (Wildman–Crippen LogP) is 1.69. The van der Waals surface area contributed by atoms with E-state index in [0.717, 1.165) is 25.1 Å². The van der Waals surface area contributed by atoms with E-state index in [9.17, 15) is 9.18 Å². The molecule has 134 valence electrons. The van der Waals surface area contributed by atoms with Crippen LogP contribution >= 0.6 is 0 Å². The van der Waals surface area contributed by atoms with E-state index >= 15 is 0 Å². The maximum absolute atomic E-state index is 13.2. The quantitative estimate of drug-likeness (QED) is 0.794. The molecule has 0 radical (unpaired) electrons. The molecule has 5 nitrogen and oxygen atoms in total. The molecule has 0 aromatic heterocycles. The van der Waals surface area contributed by atoms with Crippen LogP contribution in [-0.2, 0) is 9.53 Å². The van der Waals surface area contributed by atoms with Gasteiger partial charge in [-0.25, -0.2) is 4.39 Å². The normalized spacial score (nSPS) is 19.5. The van der Waals surface area contributed by atoms with E-state index < -0.39 is 6.04 Å². The van der Waals surface area contributed by atoms with E-state index in [1.54, 1.807) is 12.1 Å². The lowest BCUT2D eigenvalue weighted by atomic mass is 9.99. The number of nitrogens with one attached hydrogen (secondary N) is 1. The van der Waals surface area contributed by atoms with Gasteiger partial charge in [-0.05, 0) is 23.6 Å². The van der Waals surface area contributed by atoms with E-state index in [2.05, 4.69) is 10.2 Å². The third kappa shape index (κ3) is 5.00. The number of hydrogen-bond donors (Lipinski definition) is 2. The van der Waals surface area contributed by atoms with E-state index in [1.807, 2.05) is 13.8 Å². The number of halogens is 1. The standard InChI is InChI=1S/C18H28FN3O2/c1-3-13(2)17(20)18(23)21-12-16(22-8-10-24-11-9-22)14-4-6-15(19)7-5-14/h4-7,13,16-17H,3,8-12,20H2,1-2H3,(H,21,23). The maximum atomic E-state index is 13.2. The molecule has 6 heteroatoms. The molecule has 1 aromatic rings. The molecule has 0 aliphatic carbocycles. The van der Waals surface area contributed by atoms with Gasteiger partial charge in [0.05, 0.1) is 25.3 Å². The zero-order chi connectivity index (χ0) is 17.5. The molecular formula is C18H28FN3O2. The molecule has 2 rings (SSSR count). The highest BCUT2D eigenvalue weighted by Gasteiger charge is 2.25. The molecule has 3 atom stereocenters. The Morgan fingerprint density at radius 1 is 1.33 bits per heavy atom. The molecule has 0 saturated carbocycles. The molecule has 1 amide bonds. The highest BCUT2D eigenvalue weighted by molar-refractivity contribution is 5.81. The number of morpholine rings is 1. The summed E-state index contributed by atoms with van der Waals surface area (Å²) in [6.45, 7) is 7.35. The van der Waals surface area contributed by atoms with Gasteiger partial charge in [0, 0.05) is 19.6 Å². The number of ether oxygens (including phenoxy) is 1. The van der Waals surface area contributed by atoms with Gasteiger partial charge in [-0.15, -0.1) is 0 Å². The first-order chi connectivity index (χ1) is 11.5. The number of rotatable bonds is 7. The summed E-state index contributed by atoms with van der Waals surface area (Å²) >= 11 is 0. The number of carbonyl (C=O) groups excluding carboxylic acids is 1. The molecule has 1 aliphatic rings. The largest absolute Gasteiger partial charge is 0.379 e. The summed E-state index contributed by atoms with van der Waals surface area (Å²) in [6, 6.07) is 5.94. The molecule has 3 unspecified atom stereocenters. The molecule has 3 N–H and O–H groups in total. The summed E-state index contributed by atoms with van der Waals surface area (Å²) in [4.78, 5) is 14.5. The minimum absolute atomic E-state index is 0.0115. The Morgan fingerprint density at radius 2 is 1.96 bits per heavy atom. The Balaban J connectivity index is 2.05. The predicted molar refractivity (Wildman–Crippen MR) is 92.0 cm³/mol. The van der Waals surface area contributed by atoms with Crippen molar-refractivity contribution in [3.05, 3.63) is 35.6 Å². The number of amides is 1. The summed E-state index contributed by atoms with van der Waals surface area (Å²) in [7, 11) is 0. The first-order valence-corrected chi connectivity index (χ1v) is 8.63. The van der Waals surface area contributed by atoms with Crippen LogP contribution in [0.25, 0.3) is 0 Å². The van der Waals surface area contributed by atoms with Crippen LogP contribution in [0.2, 0.25) is 0 Å². The lowest BCUT2D eigenvalue weighted by Crippen LogP contribution is -2.48. The average Bonchev–Trinajstić information content (AvgIpc) is 2.62. The number of carbonyl (C=O) groups is 1. The Kier molecular flexibility index (Phi) is 7.15. The number of nitrogens with zero attached hydrogens (tertiary/aromatic N) is 1. The van der Waals surface area contributed by atoms with Crippen LogP contribution < -0.4 is 11.1 Å². The smallest absolute Gasteiger partial charge is 0.237 e. The monoisotopic (exact) mass is 337 g/mol. The van der Waals surface area contributed by atoms with Gasteiger partial charge in [-0.2, -0.15) is 0 Å². The molecule has 1 aliphatic heterocycles. The lowest BCUT2D eigenvalue weighted by Gasteiger charge is -2.35. The molecule has 0 bridgehead atoms. The van der Waals surface area contributed by atoms with Crippen molar-refractivity contribution >= 4 is 5.91 Å². The van der Waals surface area contributed by atoms with Gasteiger partial charge in [0.2, 0.25) is 5.91 Å². The molecule has 1 heterocycles. The Bertz CT molecular complexity index is 518. The van der Waals surface area contributed by atoms with Crippen LogP contribution in [0, 0.1) is 11.7 Å². The fraction of sp³-hybridized carbons (Fsp3) is 0.611. The van der Waals surface area contributed by atoms with Crippen molar-refractivity contribution < 1.29 is 13.9 Å². The van der Waals surface area contributed by atoms with E-state index in [-0.39, 0.29) is 23.7 Å². The van der Waals surface area contributed by atoms with Crippen molar-refractivity contribution in [2.75, 3.05) is 32.8 Å². The first kappa shape index (κ1) is 18.8. The second-order valence-corrected chi connectivity index (χ2v) is 6.37. The van der Waals surface area contributed by atoms with Gasteiger partial charge in [0.1, 0.15) is 5.82 Å². The number of benzene rings is 1. The van der Waals surface area contributed by atoms with Crippen molar-refractivity contribution in [3.8, 4) is 0 Å². The fourth-order valence-electron chi connectivity index (χ4n) is 2.86. The zero-order valence-electron chi connectivity index (χ0n) is 14.5. The minimum Gasteiger partial charge on any atom is -0.379 e. The molecule has 1 saturated heterocycles. The van der Waals surface area contributed by atoms with Crippen LogP contribution in [0.15, 0.2) is 24.3 Å². The van der Waals surface area contributed by atoms with Crippen molar-refractivity contribution in [3.63, 3.8) is 0 Å². The third-order valence-corrected chi connectivity index (χ3v) is 4.77. The second-order valence-electron chi connectivity index (χ2n) is 6.37. The molecule has 1 fully saturated rings. The molecule has 0 spiro atoms. The van der Waals surface area contributed by atoms with Gasteiger partial charge in [-0.1, -0.05) is 32.4 Å². The zero-order valence-corrected chi connectivity index (χ0v) is 14.5. The third-order valence-electron chi connectivity index (χ3n) is 4.77. The topological polar surface area (TPSA) is 67.6 Å². The fourth-order valence-corrected chi connectivity index (χ4v) is 2.86. The summed E-state index contributed by atoms with van der Waals surface area (Å²) in [5, 5.41) is 2.97. The summed E-state index contributed by atoms with van der Waals surface area (Å²) in [6.07, 6.45) is 0.861. The minimum atomic E-state index is -0.506. The number of nitrogens with two attached hydrogens (primary N) is 1. The van der Waals surface area contributed by atoms with Crippen LogP contribution in [0.4, 0.5) is 4.39 Å². The van der Waals surface area contributed by atoms with Gasteiger partial charge >= 0.3 is 0 Å². The van der Waals surface area contributed by atoms with Gasteiger partial charge < -0.3 is 15.8 Å². The van der Waals surface area contributed by atoms with Gasteiger partial charge in [-0.3, -0.25) is 9.69 Å². The van der Waals surface area contributed by atoms with Crippen molar-refractivity contribution in [2.45, 2.75) is 32.4 Å². The van der Waals surface area contributed by atoms with Crippen LogP contribution in [0.1, 0.15) is 31.9 Å². The highest BCUT2D eigenvalue weighted by Crippen LogP contribution is 2.22. The van der Waals surface area contributed by atoms with Crippen LogP contribution in [-0.4, -0.2) is 49.7 Å². The van der Waals surface area contributed by atoms with E-state index in [4.69, 9.17) is 10.5 Å². The second kappa shape index (κ2) is 9.11. The van der Waals surface area contributed by atoms with Crippen LogP contribution in [0.3, 0.4) is 0 Å². The van der Waals surface area contributed by atoms with Crippen LogP contribution in [0.5, 0.6) is 0 Å². The van der Waals surface area contributed by atoms with Gasteiger partial charge in [0.15, 0.2) is 0 Å². The Hall–Kier alpha value is -1.50. The SMILES string of the molecule is CCC(C)C(N)C(=O)NCC(c1ccc(F)cc1)N1CCOCC1. The van der Waals surface area contributed by atoms with Crippen molar-refractivity contribution in [1.29, 1.82) is 0 Å². The molecule has 1 aromatic carbocycles. The van der Waals surface area contributed by atoms with E-state index in [1.165, 1.54) is 12.1 Å². The first-order valence-electron chi connectivity index (χ1n) is 8.63. The Labute approximate surface area is 143 Å². The van der Waals surface area contributed by atoms with E-state index in [0.29, 0.717) is 19.8 Å². The van der Waals surface area contributed by atoms with Gasteiger partial charge in [0.25, 0.3) is 0 Å². The summed E-state index contributed by atoms with van der Waals surface area (Å²) in [5.41, 5.74) is 6.98.